The summed E-state index contributed by atoms with van der Waals surface area (Å²) in [6, 6.07) is 11.7. The molecule has 64 heavy (non-hydrogen) atoms. The number of ketones is 1. The van der Waals surface area contributed by atoms with Crippen LogP contribution in [0.15, 0.2) is 48.5 Å². The van der Waals surface area contributed by atoms with Gasteiger partial charge >= 0.3 is 17.9 Å². The van der Waals surface area contributed by atoms with E-state index in [-0.39, 0.29) is 44.0 Å². The van der Waals surface area contributed by atoms with Crippen LogP contribution in [0.4, 0.5) is 5.69 Å². The van der Waals surface area contributed by atoms with E-state index in [1.807, 2.05) is 48.5 Å². The van der Waals surface area contributed by atoms with Crippen molar-refractivity contribution in [3.05, 3.63) is 65.5 Å². The van der Waals surface area contributed by atoms with Gasteiger partial charge in [-0.15, -0.1) is 20.4 Å². The van der Waals surface area contributed by atoms with Crippen molar-refractivity contribution in [3.8, 4) is 11.4 Å². The van der Waals surface area contributed by atoms with Gasteiger partial charge < -0.3 is 58.7 Å². The summed E-state index contributed by atoms with van der Waals surface area (Å²) in [5.74, 6) is -2.38. The van der Waals surface area contributed by atoms with Crippen LogP contribution in [0.3, 0.4) is 0 Å². The molecular weight excluding hydrogens is 845 g/mol. The van der Waals surface area contributed by atoms with Gasteiger partial charge in [0, 0.05) is 68.0 Å². The molecule has 0 saturated carbocycles. The molecule has 3 aromatic rings. The number of Topliss-reactive ketones (excluding diaryl/α,β-unsaturated/α-hetero) is 1. The Morgan fingerprint density at radius 3 is 1.94 bits per heavy atom. The zero-order chi connectivity index (χ0) is 46.4. The van der Waals surface area contributed by atoms with Gasteiger partial charge in [-0.1, -0.05) is 36.4 Å². The summed E-state index contributed by atoms with van der Waals surface area (Å²) in [6.07, 6.45) is 4.44. The maximum absolute atomic E-state index is 12.6. The highest BCUT2D eigenvalue weighted by Crippen LogP contribution is 2.18. The fourth-order valence-electron chi connectivity index (χ4n) is 7.23. The summed E-state index contributed by atoms with van der Waals surface area (Å²) >= 11 is 5.47. The number of hydrogen-bond donors (Lipinski definition) is 11. The third-order valence-corrected chi connectivity index (χ3v) is 11.0. The number of amides is 1. The molecule has 1 amide bonds. The molecule has 2 aromatic carbocycles. The fraction of sp³-hybridized carbons (Fsp3) is 0.535. The number of nitrogens with zero attached hydrogens (tertiary/aromatic N) is 4. The summed E-state index contributed by atoms with van der Waals surface area (Å²) in [7, 11) is 0. The quantitative estimate of drug-likeness (QED) is 0.0418. The van der Waals surface area contributed by atoms with Crippen molar-refractivity contribution in [1.82, 2.24) is 47.0 Å². The summed E-state index contributed by atoms with van der Waals surface area (Å²) in [6.45, 7) is 3.12. The number of rotatable bonds is 25. The van der Waals surface area contributed by atoms with Gasteiger partial charge in [-0.2, -0.15) is 0 Å². The highest BCUT2D eigenvalue weighted by molar-refractivity contribution is 7.80. The number of thiocarbonyl (C=S) groups is 1. The average Bonchev–Trinajstić information content (AvgIpc) is 3.32. The van der Waals surface area contributed by atoms with E-state index >= 15 is 0 Å². The van der Waals surface area contributed by atoms with Crippen LogP contribution >= 0.6 is 12.2 Å². The number of nitrogens with one attached hydrogen (secondary N) is 6. The number of carbonyl (C=O) groups excluding carboxylic acids is 2. The third-order valence-electron chi connectivity index (χ3n) is 10.8. The molecule has 348 valence electrons. The van der Waals surface area contributed by atoms with Crippen molar-refractivity contribution in [2.75, 3.05) is 31.5 Å². The van der Waals surface area contributed by atoms with Crippen LogP contribution in [0.2, 0.25) is 0 Å². The van der Waals surface area contributed by atoms with Gasteiger partial charge in [-0.3, -0.25) is 24.0 Å². The minimum absolute atomic E-state index is 0.00459. The molecule has 0 radical (unpaired) electrons. The predicted octanol–water partition coefficient (Wildman–Crippen LogP) is 1.07. The number of nitrogens with two attached hydrogens (primary N) is 2. The minimum atomic E-state index is -1.04. The predicted molar refractivity (Wildman–Crippen MR) is 243 cm³/mol. The lowest BCUT2D eigenvalue weighted by atomic mass is 9.95. The normalized spacial score (nSPS) is 18.6. The first kappa shape index (κ1) is 51.1. The third kappa shape index (κ3) is 19.0. The Kier molecular flexibility index (Phi) is 21.5. The second-order valence-corrected chi connectivity index (χ2v) is 16.5. The molecule has 6 atom stereocenters. The Labute approximate surface area is 377 Å². The molecule has 0 bridgehead atoms. The first-order valence-electron chi connectivity index (χ1n) is 21.6. The molecule has 4 rings (SSSR count). The number of anilines is 1. The summed E-state index contributed by atoms with van der Waals surface area (Å²) in [5.41, 5.74) is 15.7. The van der Waals surface area contributed by atoms with Crippen LogP contribution in [0.25, 0.3) is 11.4 Å². The van der Waals surface area contributed by atoms with Crippen molar-refractivity contribution >= 4 is 52.6 Å². The van der Waals surface area contributed by atoms with E-state index in [1.165, 1.54) is 0 Å². The number of aromatic nitrogens is 4. The molecule has 13 N–H and O–H groups in total. The van der Waals surface area contributed by atoms with Gasteiger partial charge in [0.25, 0.3) is 0 Å². The smallest absolute Gasteiger partial charge is 0.304 e. The second kappa shape index (κ2) is 26.9. The molecule has 20 nitrogen and oxygen atoms in total. The zero-order valence-electron chi connectivity index (χ0n) is 36.1. The zero-order valence-corrected chi connectivity index (χ0v) is 36.9. The highest BCUT2D eigenvalue weighted by Gasteiger charge is 2.30. The summed E-state index contributed by atoms with van der Waals surface area (Å²) in [5, 5.41) is 63.6. The molecule has 6 unspecified atom stereocenters. The van der Waals surface area contributed by atoms with E-state index in [1.54, 1.807) is 6.92 Å². The monoisotopic (exact) mass is 906 g/mol. The van der Waals surface area contributed by atoms with Crippen LogP contribution in [0, 0.1) is 6.92 Å². The average molecular weight is 907 g/mol. The van der Waals surface area contributed by atoms with E-state index in [0.717, 1.165) is 28.8 Å². The molecule has 1 fully saturated rings. The van der Waals surface area contributed by atoms with E-state index in [0.29, 0.717) is 81.2 Å². The molecule has 1 saturated heterocycles. The lowest BCUT2D eigenvalue weighted by Gasteiger charge is -2.30. The van der Waals surface area contributed by atoms with Crippen LogP contribution in [0.5, 0.6) is 0 Å². The number of unbranched alkanes of at least 4 members (excludes halogenated alkanes) is 2. The molecule has 0 aliphatic carbocycles. The van der Waals surface area contributed by atoms with Crippen LogP contribution in [-0.2, 0) is 36.8 Å². The highest BCUT2D eigenvalue weighted by atomic mass is 32.1. The van der Waals surface area contributed by atoms with E-state index < -0.39 is 54.2 Å². The number of carbonyl (C=O) groups is 5. The number of carboxylic acid groups (broad SMARTS) is 3. The van der Waals surface area contributed by atoms with Gasteiger partial charge in [0.1, 0.15) is 5.78 Å². The lowest BCUT2D eigenvalue weighted by molar-refractivity contribution is -0.139. The van der Waals surface area contributed by atoms with Gasteiger partial charge in [0.05, 0.1) is 31.3 Å². The van der Waals surface area contributed by atoms with E-state index in [9.17, 15) is 39.3 Å². The van der Waals surface area contributed by atoms with Crippen LogP contribution in [0.1, 0.15) is 81.2 Å². The Morgan fingerprint density at radius 1 is 0.719 bits per heavy atom. The Hall–Kier alpha value is -5.58. The molecule has 1 aromatic heterocycles. The maximum Gasteiger partial charge on any atom is 0.304 e. The molecule has 1 aliphatic rings. The molecule has 21 heteroatoms. The second-order valence-electron chi connectivity index (χ2n) is 16.1. The van der Waals surface area contributed by atoms with Crippen molar-refractivity contribution < 1.29 is 39.3 Å². The first-order chi connectivity index (χ1) is 30.6. The van der Waals surface area contributed by atoms with Crippen molar-refractivity contribution in [2.45, 2.75) is 120 Å². The van der Waals surface area contributed by atoms with Crippen LogP contribution < -0.4 is 43.4 Å². The molecule has 2 heterocycles. The van der Waals surface area contributed by atoms with Gasteiger partial charge in [0.15, 0.2) is 10.9 Å². The van der Waals surface area contributed by atoms with Crippen LogP contribution in [-0.4, -0.2) is 133 Å². The van der Waals surface area contributed by atoms with Crippen molar-refractivity contribution in [3.63, 3.8) is 0 Å². The number of benzene rings is 2. The molecular formula is C43H62N12O8S. The minimum Gasteiger partial charge on any atom is -0.481 e. The largest absolute Gasteiger partial charge is 0.481 e. The summed E-state index contributed by atoms with van der Waals surface area (Å²) < 4.78 is 0. The van der Waals surface area contributed by atoms with Gasteiger partial charge in [-0.05, 0) is 93.8 Å². The van der Waals surface area contributed by atoms with Gasteiger partial charge in [-0.25, -0.2) is 0 Å². The first-order valence-corrected chi connectivity index (χ1v) is 22.0. The Morgan fingerprint density at radius 2 is 1.30 bits per heavy atom. The lowest BCUT2D eigenvalue weighted by Crippen LogP contribution is -2.54. The van der Waals surface area contributed by atoms with E-state index in [4.69, 9.17) is 23.7 Å². The fourth-order valence-corrected chi connectivity index (χ4v) is 7.45. The topological polar surface area (TPSA) is 322 Å². The van der Waals surface area contributed by atoms with Crippen molar-refractivity contribution in [2.24, 2.45) is 11.5 Å². The Balaban J connectivity index is 1.08. The van der Waals surface area contributed by atoms with Gasteiger partial charge in [0.2, 0.25) is 11.7 Å². The Bertz CT molecular complexity index is 1980. The summed E-state index contributed by atoms with van der Waals surface area (Å²) in [4.78, 5) is 60.0. The van der Waals surface area contributed by atoms with E-state index in [2.05, 4.69) is 52.3 Å². The SMILES string of the molecule is Cc1nnc(-c2ccc(CCC(=O)C(N)CCCCNC(=O)C(N)CCCCNC(=S)Nc3ccc(CC4NC(CC(=O)O)CNC(CC(=O)O)CNC4CC(=O)O)cc3)cc2)nn1. The number of carboxylic acids is 3. The molecule has 0 spiro atoms. The van der Waals surface area contributed by atoms with Crippen molar-refractivity contribution in [1.29, 1.82) is 0 Å². The standard InChI is InChI=1S/C43H62N12O8S/c1-26-52-54-41(55-53-26)29-13-8-27(9-14-29)12-17-37(56)33(44)6-2-4-18-46-42(63)34(45)7-3-5-19-47-43(64)51-30-15-10-28(11-16-30)20-36-35(23-40(61)62)49-24-31(21-38(57)58)48-25-32(50-36)22-39(59)60/h8-11,13-16,31-36,48-50H,2-7,12,17-25,44-45H2,1H3,(H,46,63)(H,57,58)(H,59,60)(H,61,62)(H2,47,51,64). The number of hydrogen-bond acceptors (Lipinski definition) is 15. The maximum atomic E-state index is 12.6. The number of aryl methyl sites for hydroxylation is 2. The number of aliphatic carboxylic acids is 3. The molecule has 1 aliphatic heterocycles.